The maximum absolute atomic E-state index is 11.0. The summed E-state index contributed by atoms with van der Waals surface area (Å²) >= 11 is 0. The van der Waals surface area contributed by atoms with Gasteiger partial charge in [-0.25, -0.2) is 9.78 Å². The van der Waals surface area contributed by atoms with Crippen molar-refractivity contribution in [3.8, 4) is 11.5 Å². The number of imidazole rings is 1. The molecule has 0 bridgehead atoms. The van der Waals surface area contributed by atoms with Crippen molar-refractivity contribution in [2.75, 3.05) is 6.61 Å². The van der Waals surface area contributed by atoms with Gasteiger partial charge < -0.3 is 19.1 Å². The van der Waals surface area contributed by atoms with Crippen molar-refractivity contribution in [3.63, 3.8) is 0 Å². The first-order valence-electron chi connectivity index (χ1n) is 10.5. The minimum absolute atomic E-state index is 0.226. The molecule has 3 aromatic rings. The average molecular weight is 433 g/mol. The van der Waals surface area contributed by atoms with E-state index in [4.69, 9.17) is 19.6 Å². The van der Waals surface area contributed by atoms with E-state index in [1.165, 1.54) is 12.1 Å². The van der Waals surface area contributed by atoms with E-state index in [9.17, 15) is 4.79 Å². The summed E-state index contributed by atoms with van der Waals surface area (Å²) in [7, 11) is 0. The minimum atomic E-state index is -0.960. The molecule has 166 valence electrons. The van der Waals surface area contributed by atoms with Crippen molar-refractivity contribution in [3.05, 3.63) is 102 Å². The Hall–Kier alpha value is -3.80. The van der Waals surface area contributed by atoms with E-state index >= 15 is 0 Å². The number of hydrogen-bond donors (Lipinski definition) is 1. The number of hydrogen-bond acceptors (Lipinski definition) is 4. The maximum atomic E-state index is 11.0. The molecule has 0 saturated heterocycles. The molecule has 2 aromatic carbocycles. The number of rotatable bonds is 12. The molecule has 1 heterocycles. The fourth-order valence-electron chi connectivity index (χ4n) is 3.29. The van der Waals surface area contributed by atoms with E-state index in [1.54, 1.807) is 18.2 Å². The quantitative estimate of drug-likeness (QED) is 0.314. The van der Waals surface area contributed by atoms with Gasteiger partial charge >= 0.3 is 5.97 Å². The highest BCUT2D eigenvalue weighted by atomic mass is 16.5. The Morgan fingerprint density at radius 3 is 2.50 bits per heavy atom. The number of aromatic nitrogens is 2. The molecule has 0 unspecified atom stereocenters. The summed E-state index contributed by atoms with van der Waals surface area (Å²) in [6, 6.07) is 16.1. The van der Waals surface area contributed by atoms with E-state index in [1.807, 2.05) is 42.5 Å². The molecular weight excluding hydrogens is 404 g/mol. The highest BCUT2D eigenvalue weighted by Crippen LogP contribution is 2.18. The molecule has 0 fully saturated rings. The minimum Gasteiger partial charge on any atom is -0.494 e. The van der Waals surface area contributed by atoms with Crippen LogP contribution in [0.25, 0.3) is 0 Å². The normalized spacial score (nSPS) is 10.9. The van der Waals surface area contributed by atoms with Gasteiger partial charge in [0.25, 0.3) is 0 Å². The van der Waals surface area contributed by atoms with Crippen LogP contribution < -0.4 is 9.47 Å². The van der Waals surface area contributed by atoms with Gasteiger partial charge in [0.15, 0.2) is 0 Å². The molecule has 1 aromatic heterocycles. The second-order valence-electron chi connectivity index (χ2n) is 7.21. The number of benzene rings is 2. The van der Waals surface area contributed by atoms with Crippen LogP contribution in [-0.2, 0) is 19.6 Å². The van der Waals surface area contributed by atoms with Gasteiger partial charge in [-0.05, 0) is 49.7 Å². The summed E-state index contributed by atoms with van der Waals surface area (Å²) in [4.78, 5) is 15.8. The summed E-state index contributed by atoms with van der Waals surface area (Å²) in [5.74, 6) is 1.32. The zero-order valence-corrected chi connectivity index (χ0v) is 18.2. The zero-order valence-electron chi connectivity index (χ0n) is 18.2. The van der Waals surface area contributed by atoms with Gasteiger partial charge in [0.2, 0.25) is 0 Å². The fourth-order valence-corrected chi connectivity index (χ4v) is 3.29. The number of carboxylic acid groups (broad SMARTS) is 1. The molecule has 6 heteroatoms. The predicted molar refractivity (Wildman–Crippen MR) is 124 cm³/mol. The first-order valence-corrected chi connectivity index (χ1v) is 10.5. The van der Waals surface area contributed by atoms with Gasteiger partial charge in [-0.1, -0.05) is 43.0 Å². The molecule has 0 spiro atoms. The van der Waals surface area contributed by atoms with E-state index in [2.05, 4.69) is 18.1 Å². The van der Waals surface area contributed by atoms with Crippen molar-refractivity contribution < 1.29 is 19.4 Å². The molecule has 32 heavy (non-hydrogen) atoms. The molecule has 1 N–H and O–H groups in total. The van der Waals surface area contributed by atoms with Crippen LogP contribution in [0.15, 0.2) is 79.4 Å². The van der Waals surface area contributed by atoms with E-state index < -0.39 is 5.97 Å². The number of para-hydroxylation sites is 1. The van der Waals surface area contributed by atoms with E-state index in [-0.39, 0.29) is 12.2 Å². The van der Waals surface area contributed by atoms with Crippen LogP contribution in [0.1, 0.15) is 34.0 Å². The molecule has 0 atom stereocenters. The molecule has 0 aliphatic rings. The fraction of sp³-hybridized carbons (Fsp3) is 0.231. The first-order chi connectivity index (χ1) is 15.6. The Labute approximate surface area is 188 Å². The van der Waals surface area contributed by atoms with Crippen molar-refractivity contribution >= 4 is 5.97 Å². The summed E-state index contributed by atoms with van der Waals surface area (Å²) in [6.45, 7) is 7.42. The lowest BCUT2D eigenvalue weighted by Crippen LogP contribution is -2.11. The van der Waals surface area contributed by atoms with Gasteiger partial charge in [0, 0.05) is 18.7 Å². The Balaban J connectivity index is 1.67. The van der Waals surface area contributed by atoms with Crippen molar-refractivity contribution in [1.29, 1.82) is 0 Å². The summed E-state index contributed by atoms with van der Waals surface area (Å²) in [5.41, 5.74) is 2.31. The number of ether oxygens (including phenoxy) is 2. The van der Waals surface area contributed by atoms with Crippen LogP contribution in [-0.4, -0.2) is 27.2 Å². The highest BCUT2D eigenvalue weighted by molar-refractivity contribution is 5.87. The summed E-state index contributed by atoms with van der Waals surface area (Å²) < 4.78 is 13.9. The molecule has 0 aliphatic carbocycles. The molecule has 0 saturated carbocycles. The van der Waals surface area contributed by atoms with Crippen LogP contribution in [0, 0.1) is 6.92 Å². The lowest BCUT2D eigenvalue weighted by Gasteiger charge is -2.12. The molecule has 0 radical (unpaired) electrons. The molecule has 0 amide bonds. The number of allylic oxidation sites excluding steroid dienone is 3. The topological polar surface area (TPSA) is 73.6 Å². The average Bonchev–Trinajstić information content (AvgIpc) is 3.11. The maximum Gasteiger partial charge on any atom is 0.335 e. The molecule has 6 nitrogen and oxygen atoms in total. The lowest BCUT2D eigenvalue weighted by molar-refractivity contribution is 0.0697. The van der Waals surface area contributed by atoms with Gasteiger partial charge in [0.05, 0.1) is 17.9 Å². The standard InChI is InChI=1S/C26H28N2O4/c1-3-4-6-12-24-20(2)28(17-9-18-31-22-10-7-5-8-11-22)25(27-24)19-32-23-15-13-21(14-16-23)26(29)30/h3-8,10-11,13-16H,1,9,12,17-19H2,2H3,(H,29,30)/b6-4-. The zero-order chi connectivity index (χ0) is 22.8. The van der Waals surface area contributed by atoms with Crippen LogP contribution in [0.5, 0.6) is 11.5 Å². The van der Waals surface area contributed by atoms with E-state index in [0.29, 0.717) is 18.8 Å². The number of carboxylic acids is 1. The van der Waals surface area contributed by atoms with Crippen LogP contribution in [0.2, 0.25) is 0 Å². The van der Waals surface area contributed by atoms with Gasteiger partial charge in [-0.15, -0.1) is 0 Å². The van der Waals surface area contributed by atoms with Crippen molar-refractivity contribution in [2.45, 2.75) is 32.9 Å². The Bertz CT molecular complexity index is 1050. The molecule has 0 aliphatic heterocycles. The second-order valence-corrected chi connectivity index (χ2v) is 7.21. The summed E-state index contributed by atoms with van der Waals surface area (Å²) in [6.07, 6.45) is 7.23. The lowest BCUT2D eigenvalue weighted by atomic mass is 10.2. The third kappa shape index (κ3) is 6.35. The largest absolute Gasteiger partial charge is 0.494 e. The SMILES string of the molecule is C=C/C=C\Cc1nc(COc2ccc(C(=O)O)cc2)n(CCCOc2ccccc2)c1C. The first kappa shape index (κ1) is 22.9. The predicted octanol–water partition coefficient (Wildman–Crippen LogP) is 5.22. The number of aromatic carboxylic acids is 1. The third-order valence-electron chi connectivity index (χ3n) is 4.99. The smallest absolute Gasteiger partial charge is 0.335 e. The van der Waals surface area contributed by atoms with Gasteiger partial charge in [-0.2, -0.15) is 0 Å². The third-order valence-corrected chi connectivity index (χ3v) is 4.99. The Kier molecular flexibility index (Phi) is 8.26. The van der Waals surface area contributed by atoms with Gasteiger partial charge in [-0.3, -0.25) is 0 Å². The van der Waals surface area contributed by atoms with Gasteiger partial charge in [0.1, 0.15) is 23.9 Å². The Morgan fingerprint density at radius 1 is 1.09 bits per heavy atom. The molecule has 3 rings (SSSR count). The second kappa shape index (κ2) is 11.6. The van der Waals surface area contributed by atoms with Crippen molar-refractivity contribution in [2.24, 2.45) is 0 Å². The highest BCUT2D eigenvalue weighted by Gasteiger charge is 2.14. The van der Waals surface area contributed by atoms with Crippen molar-refractivity contribution in [1.82, 2.24) is 9.55 Å². The van der Waals surface area contributed by atoms with E-state index in [0.717, 1.165) is 35.9 Å². The summed E-state index contributed by atoms with van der Waals surface area (Å²) in [5, 5.41) is 9.04. The van der Waals surface area contributed by atoms with Crippen LogP contribution in [0.4, 0.5) is 0 Å². The Morgan fingerprint density at radius 2 is 1.81 bits per heavy atom. The monoisotopic (exact) mass is 432 g/mol. The number of carbonyl (C=O) groups is 1. The molecular formula is C26H28N2O4. The number of nitrogens with zero attached hydrogens (tertiary/aromatic N) is 2. The van der Waals surface area contributed by atoms with Crippen LogP contribution >= 0.6 is 0 Å². The van der Waals surface area contributed by atoms with Crippen LogP contribution in [0.3, 0.4) is 0 Å².